The van der Waals surface area contributed by atoms with Gasteiger partial charge in [0, 0.05) is 18.5 Å². The number of carbonyl (C=O) groups is 2. The molecule has 1 aromatic rings. The third-order valence-corrected chi connectivity index (χ3v) is 2.53. The zero-order chi connectivity index (χ0) is 12.5. The van der Waals surface area contributed by atoms with Crippen LogP contribution in [0.25, 0.3) is 0 Å². The van der Waals surface area contributed by atoms with Gasteiger partial charge in [0.05, 0.1) is 0 Å². The topological polar surface area (TPSA) is 46.2 Å². The first-order valence-electron chi connectivity index (χ1n) is 6.03. The van der Waals surface area contributed by atoms with Gasteiger partial charge in [-0.3, -0.25) is 4.79 Å². The molecule has 1 N–H and O–H groups in total. The minimum absolute atomic E-state index is 0.0304. The Kier molecular flexibility index (Phi) is 6.00. The standard InChI is InChI=1S/C14H19NO2/c1-12(16)8-4-3-7-11-15-14(17)13-9-5-2-6-10-13/h2,5-6,9-10H,3-4,7-8,11H2,1H3,(H,15,17). The summed E-state index contributed by atoms with van der Waals surface area (Å²) in [5.74, 6) is 0.204. The van der Waals surface area contributed by atoms with E-state index in [1.807, 2.05) is 18.2 Å². The van der Waals surface area contributed by atoms with Crippen molar-refractivity contribution in [2.24, 2.45) is 0 Å². The molecule has 0 saturated heterocycles. The van der Waals surface area contributed by atoms with Crippen LogP contribution in [0.1, 0.15) is 43.0 Å². The van der Waals surface area contributed by atoms with Gasteiger partial charge in [-0.1, -0.05) is 24.6 Å². The molecule has 1 rings (SSSR count). The van der Waals surface area contributed by atoms with Crippen LogP contribution in [0.4, 0.5) is 0 Å². The Morgan fingerprint density at radius 2 is 1.76 bits per heavy atom. The number of hydrogen-bond acceptors (Lipinski definition) is 2. The predicted molar refractivity (Wildman–Crippen MR) is 67.9 cm³/mol. The fourth-order valence-electron chi connectivity index (χ4n) is 1.57. The maximum atomic E-state index is 11.6. The Bertz CT molecular complexity index is 360. The van der Waals surface area contributed by atoms with Crippen molar-refractivity contribution in [2.75, 3.05) is 6.54 Å². The first kappa shape index (κ1) is 13.4. The average molecular weight is 233 g/mol. The van der Waals surface area contributed by atoms with Gasteiger partial charge < -0.3 is 10.1 Å². The molecule has 1 aromatic carbocycles. The number of amides is 1. The summed E-state index contributed by atoms with van der Waals surface area (Å²) < 4.78 is 0. The van der Waals surface area contributed by atoms with Crippen molar-refractivity contribution >= 4 is 11.7 Å². The highest BCUT2D eigenvalue weighted by atomic mass is 16.1. The molecular formula is C14H19NO2. The van der Waals surface area contributed by atoms with Gasteiger partial charge in [-0.2, -0.15) is 0 Å². The summed E-state index contributed by atoms with van der Waals surface area (Å²) in [4.78, 5) is 22.3. The summed E-state index contributed by atoms with van der Waals surface area (Å²) in [7, 11) is 0. The minimum Gasteiger partial charge on any atom is -0.352 e. The lowest BCUT2D eigenvalue weighted by Crippen LogP contribution is -2.24. The third kappa shape index (κ3) is 5.85. The molecule has 0 aliphatic carbocycles. The van der Waals surface area contributed by atoms with E-state index < -0.39 is 0 Å². The zero-order valence-corrected chi connectivity index (χ0v) is 10.2. The van der Waals surface area contributed by atoms with Crippen LogP contribution in [-0.2, 0) is 4.79 Å². The largest absolute Gasteiger partial charge is 0.352 e. The van der Waals surface area contributed by atoms with Crippen LogP contribution in [-0.4, -0.2) is 18.2 Å². The normalized spacial score (nSPS) is 9.94. The highest BCUT2D eigenvalue weighted by Gasteiger charge is 2.02. The van der Waals surface area contributed by atoms with Crippen LogP contribution in [0.2, 0.25) is 0 Å². The minimum atomic E-state index is -0.0304. The summed E-state index contributed by atoms with van der Waals surface area (Å²) in [6, 6.07) is 9.18. The van der Waals surface area contributed by atoms with Crippen LogP contribution < -0.4 is 5.32 Å². The fraction of sp³-hybridized carbons (Fsp3) is 0.429. The first-order valence-corrected chi connectivity index (χ1v) is 6.03. The Morgan fingerprint density at radius 3 is 2.41 bits per heavy atom. The fourth-order valence-corrected chi connectivity index (χ4v) is 1.57. The van der Waals surface area contributed by atoms with Crippen LogP contribution in [0.3, 0.4) is 0 Å². The molecular weight excluding hydrogens is 214 g/mol. The van der Waals surface area contributed by atoms with Gasteiger partial charge >= 0.3 is 0 Å². The van der Waals surface area contributed by atoms with Gasteiger partial charge in [-0.25, -0.2) is 0 Å². The second kappa shape index (κ2) is 7.60. The van der Waals surface area contributed by atoms with Gasteiger partial charge in [0.15, 0.2) is 0 Å². The monoisotopic (exact) mass is 233 g/mol. The van der Waals surface area contributed by atoms with Crippen molar-refractivity contribution in [3.05, 3.63) is 35.9 Å². The average Bonchev–Trinajstić information content (AvgIpc) is 2.34. The molecule has 0 heterocycles. The molecule has 0 radical (unpaired) electrons. The predicted octanol–water partition coefficient (Wildman–Crippen LogP) is 2.57. The Morgan fingerprint density at radius 1 is 1.06 bits per heavy atom. The molecule has 0 aliphatic rings. The number of benzene rings is 1. The molecule has 0 unspecified atom stereocenters. The highest BCUT2D eigenvalue weighted by molar-refractivity contribution is 5.94. The maximum Gasteiger partial charge on any atom is 0.251 e. The van der Waals surface area contributed by atoms with Gasteiger partial charge in [-0.15, -0.1) is 0 Å². The van der Waals surface area contributed by atoms with Crippen molar-refractivity contribution in [1.82, 2.24) is 5.32 Å². The summed E-state index contributed by atoms with van der Waals surface area (Å²) in [5, 5.41) is 2.86. The van der Waals surface area contributed by atoms with Gasteiger partial charge in [0.2, 0.25) is 0 Å². The molecule has 0 fully saturated rings. The number of Topliss-reactive ketones (excluding diaryl/α,β-unsaturated/α-hetero) is 1. The number of unbranched alkanes of at least 4 members (excludes halogenated alkanes) is 2. The van der Waals surface area contributed by atoms with E-state index in [9.17, 15) is 9.59 Å². The van der Waals surface area contributed by atoms with Crippen LogP contribution >= 0.6 is 0 Å². The van der Waals surface area contributed by atoms with Gasteiger partial charge in [-0.05, 0) is 31.9 Å². The van der Waals surface area contributed by atoms with Crippen LogP contribution in [0.5, 0.6) is 0 Å². The van der Waals surface area contributed by atoms with Crippen molar-refractivity contribution in [3.63, 3.8) is 0 Å². The van der Waals surface area contributed by atoms with E-state index in [1.165, 1.54) is 0 Å². The van der Waals surface area contributed by atoms with Crippen molar-refractivity contribution < 1.29 is 9.59 Å². The molecule has 3 nitrogen and oxygen atoms in total. The molecule has 0 saturated carbocycles. The Balaban J connectivity index is 2.11. The number of rotatable bonds is 7. The van der Waals surface area contributed by atoms with E-state index in [0.717, 1.165) is 19.3 Å². The molecule has 92 valence electrons. The zero-order valence-electron chi connectivity index (χ0n) is 10.2. The number of nitrogens with one attached hydrogen (secondary N) is 1. The van der Waals surface area contributed by atoms with Crippen molar-refractivity contribution in [2.45, 2.75) is 32.6 Å². The van der Waals surface area contributed by atoms with E-state index in [-0.39, 0.29) is 11.7 Å². The van der Waals surface area contributed by atoms with E-state index in [4.69, 9.17) is 0 Å². The van der Waals surface area contributed by atoms with Crippen LogP contribution in [0, 0.1) is 0 Å². The lowest BCUT2D eigenvalue weighted by Gasteiger charge is -2.04. The molecule has 0 aliphatic heterocycles. The number of carbonyl (C=O) groups excluding carboxylic acids is 2. The first-order chi connectivity index (χ1) is 8.20. The summed E-state index contributed by atoms with van der Waals surface area (Å²) in [6.07, 6.45) is 3.46. The van der Waals surface area contributed by atoms with Crippen LogP contribution in [0.15, 0.2) is 30.3 Å². The van der Waals surface area contributed by atoms with Crippen molar-refractivity contribution in [1.29, 1.82) is 0 Å². The molecule has 0 spiro atoms. The van der Waals surface area contributed by atoms with Crippen molar-refractivity contribution in [3.8, 4) is 0 Å². The molecule has 0 aromatic heterocycles. The lowest BCUT2D eigenvalue weighted by molar-refractivity contribution is -0.117. The smallest absolute Gasteiger partial charge is 0.251 e. The SMILES string of the molecule is CC(=O)CCCCCNC(=O)c1ccccc1. The van der Waals surface area contributed by atoms with E-state index in [1.54, 1.807) is 19.1 Å². The quantitative estimate of drug-likeness (QED) is 0.736. The van der Waals surface area contributed by atoms with Gasteiger partial charge in [0.25, 0.3) is 5.91 Å². The number of hydrogen-bond donors (Lipinski definition) is 1. The Hall–Kier alpha value is -1.64. The Labute approximate surface area is 102 Å². The number of ketones is 1. The molecule has 0 bridgehead atoms. The molecule has 17 heavy (non-hydrogen) atoms. The molecule has 0 atom stereocenters. The summed E-state index contributed by atoms with van der Waals surface area (Å²) >= 11 is 0. The molecule has 1 amide bonds. The van der Waals surface area contributed by atoms with E-state index in [0.29, 0.717) is 18.5 Å². The summed E-state index contributed by atoms with van der Waals surface area (Å²) in [5.41, 5.74) is 0.691. The summed E-state index contributed by atoms with van der Waals surface area (Å²) in [6.45, 7) is 2.28. The molecule has 3 heteroatoms. The van der Waals surface area contributed by atoms with E-state index in [2.05, 4.69) is 5.32 Å². The second-order valence-corrected chi connectivity index (χ2v) is 4.13. The van der Waals surface area contributed by atoms with E-state index >= 15 is 0 Å². The second-order valence-electron chi connectivity index (χ2n) is 4.13. The third-order valence-electron chi connectivity index (χ3n) is 2.53. The highest BCUT2D eigenvalue weighted by Crippen LogP contribution is 2.01. The van der Waals surface area contributed by atoms with Gasteiger partial charge in [0.1, 0.15) is 5.78 Å². The maximum absolute atomic E-state index is 11.6. The lowest BCUT2D eigenvalue weighted by atomic mass is 10.1.